The zero-order valence-electron chi connectivity index (χ0n) is 13.5. The number of hydrogen-bond donors (Lipinski definition) is 1. The largest absolute Gasteiger partial charge is 0.491 e. The fourth-order valence-electron chi connectivity index (χ4n) is 2.12. The number of aromatic nitrogens is 1. The summed E-state index contributed by atoms with van der Waals surface area (Å²) in [4.78, 5) is 17.0. The number of pyridine rings is 1. The van der Waals surface area contributed by atoms with Crippen LogP contribution < -0.4 is 10.1 Å². The molecule has 4 heteroatoms. The van der Waals surface area contributed by atoms with E-state index in [-0.39, 0.29) is 17.9 Å². The lowest BCUT2D eigenvalue weighted by molar-refractivity contribution is 0.103. The van der Waals surface area contributed by atoms with Crippen LogP contribution in [0.25, 0.3) is 0 Å². The van der Waals surface area contributed by atoms with Crippen LogP contribution >= 0.6 is 0 Å². The number of nitrogens with zero attached hydrogens (tertiary/aromatic N) is 1. The average molecular weight is 298 g/mol. The minimum atomic E-state index is -0.0644. The van der Waals surface area contributed by atoms with E-state index in [2.05, 4.69) is 10.3 Å². The van der Waals surface area contributed by atoms with Crippen molar-refractivity contribution >= 4 is 11.6 Å². The van der Waals surface area contributed by atoms with E-state index >= 15 is 0 Å². The van der Waals surface area contributed by atoms with Gasteiger partial charge in [0.1, 0.15) is 11.6 Å². The van der Waals surface area contributed by atoms with Crippen molar-refractivity contribution in [3.63, 3.8) is 0 Å². The normalized spacial score (nSPS) is 10.8. The number of nitrogens with one attached hydrogen (secondary N) is 1. The molecule has 0 spiro atoms. The smallest absolute Gasteiger partial charge is 0.196 e. The van der Waals surface area contributed by atoms with E-state index in [0.717, 1.165) is 0 Å². The molecule has 0 radical (unpaired) electrons. The summed E-state index contributed by atoms with van der Waals surface area (Å²) >= 11 is 0. The maximum atomic E-state index is 12.8. The topological polar surface area (TPSA) is 51.2 Å². The van der Waals surface area contributed by atoms with Crippen LogP contribution in [0.5, 0.6) is 5.75 Å². The highest BCUT2D eigenvalue weighted by molar-refractivity contribution is 6.12. The Labute approximate surface area is 131 Å². The second-order valence-corrected chi connectivity index (χ2v) is 5.72. The van der Waals surface area contributed by atoms with Gasteiger partial charge in [0.05, 0.1) is 11.7 Å². The van der Waals surface area contributed by atoms with Crippen LogP contribution in [0.4, 0.5) is 5.82 Å². The maximum Gasteiger partial charge on any atom is 0.196 e. The maximum absolute atomic E-state index is 12.8. The molecule has 1 aromatic carbocycles. The monoisotopic (exact) mass is 298 g/mol. The lowest BCUT2D eigenvalue weighted by Gasteiger charge is -2.14. The number of carbonyl (C=O) groups is 1. The van der Waals surface area contributed by atoms with Crippen molar-refractivity contribution in [1.82, 2.24) is 4.98 Å². The number of hydrogen-bond acceptors (Lipinski definition) is 4. The van der Waals surface area contributed by atoms with Crippen molar-refractivity contribution < 1.29 is 9.53 Å². The molecule has 0 unspecified atom stereocenters. The minimum Gasteiger partial charge on any atom is -0.491 e. The Morgan fingerprint density at radius 2 is 1.91 bits per heavy atom. The highest BCUT2D eigenvalue weighted by Gasteiger charge is 2.15. The van der Waals surface area contributed by atoms with Gasteiger partial charge in [-0.05, 0) is 52.0 Å². The number of rotatable bonds is 6. The van der Waals surface area contributed by atoms with Gasteiger partial charge in [0.2, 0.25) is 0 Å². The first kappa shape index (κ1) is 16.0. The first-order chi connectivity index (χ1) is 10.5. The Bertz CT molecular complexity index is 651. The van der Waals surface area contributed by atoms with E-state index in [4.69, 9.17) is 4.74 Å². The predicted molar refractivity (Wildman–Crippen MR) is 88.6 cm³/mol. The second kappa shape index (κ2) is 7.07. The van der Waals surface area contributed by atoms with Gasteiger partial charge in [-0.3, -0.25) is 4.79 Å². The van der Waals surface area contributed by atoms with E-state index in [1.807, 2.05) is 39.8 Å². The molecule has 0 aliphatic rings. The van der Waals surface area contributed by atoms with Gasteiger partial charge in [-0.1, -0.05) is 12.1 Å². The average Bonchev–Trinajstić information content (AvgIpc) is 2.46. The Kier molecular flexibility index (Phi) is 5.15. The molecule has 0 saturated heterocycles. The SMILES string of the molecule is CC(C)Nc1ncccc1C(=O)c1cccc(OC(C)C)c1. The van der Waals surface area contributed by atoms with Gasteiger partial charge in [0.15, 0.2) is 5.78 Å². The molecule has 0 bridgehead atoms. The number of benzene rings is 1. The highest BCUT2D eigenvalue weighted by atomic mass is 16.5. The Hall–Kier alpha value is -2.36. The molecule has 1 N–H and O–H groups in total. The van der Waals surface area contributed by atoms with E-state index < -0.39 is 0 Å². The lowest BCUT2D eigenvalue weighted by atomic mass is 10.0. The van der Waals surface area contributed by atoms with Crippen molar-refractivity contribution in [3.8, 4) is 5.75 Å². The number of ether oxygens (including phenoxy) is 1. The van der Waals surface area contributed by atoms with Crippen LogP contribution in [0.15, 0.2) is 42.6 Å². The van der Waals surface area contributed by atoms with Crippen LogP contribution in [0.3, 0.4) is 0 Å². The Morgan fingerprint density at radius 3 is 2.59 bits per heavy atom. The zero-order valence-corrected chi connectivity index (χ0v) is 13.5. The molecule has 0 amide bonds. The molecular weight excluding hydrogens is 276 g/mol. The van der Waals surface area contributed by atoms with Crippen molar-refractivity contribution in [1.29, 1.82) is 0 Å². The summed E-state index contributed by atoms with van der Waals surface area (Å²) in [5, 5.41) is 3.21. The summed E-state index contributed by atoms with van der Waals surface area (Å²) in [5.41, 5.74) is 1.16. The Morgan fingerprint density at radius 1 is 1.14 bits per heavy atom. The Balaban J connectivity index is 2.32. The molecule has 4 nitrogen and oxygen atoms in total. The van der Waals surface area contributed by atoms with Crippen molar-refractivity contribution in [2.75, 3.05) is 5.32 Å². The number of carbonyl (C=O) groups excluding carboxylic acids is 1. The molecule has 0 atom stereocenters. The standard InChI is InChI=1S/C18H22N2O2/c1-12(2)20-18-16(9-6-10-19-18)17(21)14-7-5-8-15(11-14)22-13(3)4/h5-13H,1-4H3,(H,19,20). The molecule has 0 saturated carbocycles. The summed E-state index contributed by atoms with van der Waals surface area (Å²) in [6.45, 7) is 7.95. The third-order valence-electron chi connectivity index (χ3n) is 2.95. The molecule has 0 aliphatic heterocycles. The van der Waals surface area contributed by atoms with E-state index in [1.54, 1.807) is 30.5 Å². The van der Waals surface area contributed by atoms with Crippen LogP contribution in [0.2, 0.25) is 0 Å². The summed E-state index contributed by atoms with van der Waals surface area (Å²) in [5.74, 6) is 1.24. The molecule has 116 valence electrons. The van der Waals surface area contributed by atoms with Gasteiger partial charge >= 0.3 is 0 Å². The fourth-order valence-corrected chi connectivity index (χ4v) is 2.12. The van der Waals surface area contributed by atoms with Gasteiger partial charge in [-0.25, -0.2) is 4.98 Å². The van der Waals surface area contributed by atoms with Gasteiger partial charge in [-0.2, -0.15) is 0 Å². The molecule has 2 rings (SSSR count). The number of anilines is 1. The molecule has 0 fully saturated rings. The van der Waals surface area contributed by atoms with Crippen LogP contribution in [0.1, 0.15) is 43.6 Å². The molecule has 1 aromatic heterocycles. The van der Waals surface area contributed by atoms with E-state index in [9.17, 15) is 4.79 Å². The first-order valence-electron chi connectivity index (χ1n) is 7.50. The van der Waals surface area contributed by atoms with Crippen molar-refractivity contribution in [2.24, 2.45) is 0 Å². The van der Waals surface area contributed by atoms with Crippen LogP contribution in [-0.4, -0.2) is 22.9 Å². The van der Waals surface area contributed by atoms with Gasteiger partial charge in [0, 0.05) is 17.8 Å². The van der Waals surface area contributed by atoms with Gasteiger partial charge in [-0.15, -0.1) is 0 Å². The summed E-state index contributed by atoms with van der Waals surface area (Å²) in [7, 11) is 0. The summed E-state index contributed by atoms with van der Waals surface area (Å²) in [6, 6.07) is 11.0. The molecule has 1 heterocycles. The second-order valence-electron chi connectivity index (χ2n) is 5.72. The third kappa shape index (κ3) is 4.07. The zero-order chi connectivity index (χ0) is 16.1. The quantitative estimate of drug-likeness (QED) is 0.821. The van der Waals surface area contributed by atoms with E-state index in [1.165, 1.54) is 0 Å². The van der Waals surface area contributed by atoms with Crippen molar-refractivity contribution in [3.05, 3.63) is 53.7 Å². The fraction of sp³-hybridized carbons (Fsp3) is 0.333. The molecule has 2 aromatic rings. The lowest BCUT2D eigenvalue weighted by Crippen LogP contribution is -2.15. The van der Waals surface area contributed by atoms with Crippen molar-refractivity contribution in [2.45, 2.75) is 39.8 Å². The van der Waals surface area contributed by atoms with Gasteiger partial charge in [0.25, 0.3) is 0 Å². The highest BCUT2D eigenvalue weighted by Crippen LogP contribution is 2.21. The third-order valence-corrected chi connectivity index (χ3v) is 2.95. The van der Waals surface area contributed by atoms with Gasteiger partial charge < -0.3 is 10.1 Å². The molecule has 22 heavy (non-hydrogen) atoms. The summed E-state index contributed by atoms with van der Waals surface area (Å²) < 4.78 is 5.65. The minimum absolute atomic E-state index is 0.0644. The molecule has 0 aliphatic carbocycles. The van der Waals surface area contributed by atoms with Crippen LogP contribution in [0, 0.1) is 0 Å². The molecular formula is C18H22N2O2. The van der Waals surface area contributed by atoms with Crippen LogP contribution in [-0.2, 0) is 0 Å². The summed E-state index contributed by atoms with van der Waals surface area (Å²) in [6.07, 6.45) is 1.75. The predicted octanol–water partition coefficient (Wildman–Crippen LogP) is 3.92. The first-order valence-corrected chi connectivity index (χ1v) is 7.50. The van der Waals surface area contributed by atoms with E-state index in [0.29, 0.717) is 22.7 Å². The number of ketones is 1.